The fraction of sp³-hybridized carbons (Fsp3) is 0.929. The topological polar surface area (TPSA) is 35.6 Å². The van der Waals surface area contributed by atoms with Crippen LogP contribution in [0.5, 0.6) is 0 Å². The summed E-state index contributed by atoms with van der Waals surface area (Å²) in [6, 6.07) is -0.151. The smallest absolute Gasteiger partial charge is 0.342 e. The maximum absolute atomic E-state index is 12.8. The zero-order valence-electron chi connectivity index (χ0n) is 12.3. The zero-order valence-corrected chi connectivity index (χ0v) is 12.3. The highest BCUT2D eigenvalue weighted by atomic mass is 19.4. The molecule has 0 aliphatic carbocycles. The van der Waals surface area contributed by atoms with E-state index in [-0.39, 0.29) is 18.5 Å². The molecule has 2 aliphatic heterocycles. The number of hydrogen-bond acceptors (Lipinski definition) is 3. The Morgan fingerprint density at radius 3 is 2.33 bits per heavy atom. The highest BCUT2D eigenvalue weighted by Gasteiger charge is 2.35. The van der Waals surface area contributed by atoms with Gasteiger partial charge in [0.05, 0.1) is 13.1 Å². The molecule has 0 atom stereocenters. The van der Waals surface area contributed by atoms with Gasteiger partial charge in [0, 0.05) is 19.1 Å². The molecule has 122 valence electrons. The van der Waals surface area contributed by atoms with E-state index in [2.05, 4.69) is 5.32 Å². The first kappa shape index (κ1) is 16.5. The molecule has 0 bridgehead atoms. The highest BCUT2D eigenvalue weighted by molar-refractivity contribution is 5.78. The normalized spacial score (nSPS) is 21.8. The molecule has 7 heteroatoms. The molecule has 0 radical (unpaired) electrons. The molecule has 4 nitrogen and oxygen atoms in total. The average Bonchev–Trinajstić information content (AvgIpc) is 2.47. The summed E-state index contributed by atoms with van der Waals surface area (Å²) in [4.78, 5) is 15.3. The van der Waals surface area contributed by atoms with Crippen LogP contribution in [0.1, 0.15) is 32.1 Å². The number of hydrogen-bond donors (Lipinski definition) is 1. The van der Waals surface area contributed by atoms with E-state index in [1.54, 1.807) is 4.90 Å². The van der Waals surface area contributed by atoms with Gasteiger partial charge in [-0.05, 0) is 45.2 Å². The minimum Gasteiger partial charge on any atom is -0.342 e. The largest absolute Gasteiger partial charge is 0.401 e. The second-order valence-electron chi connectivity index (χ2n) is 5.94. The summed E-state index contributed by atoms with van der Waals surface area (Å²) in [5.41, 5.74) is 0. The van der Waals surface area contributed by atoms with Gasteiger partial charge < -0.3 is 10.2 Å². The zero-order chi connectivity index (χ0) is 15.3. The van der Waals surface area contributed by atoms with Crippen LogP contribution in [0.25, 0.3) is 0 Å². The van der Waals surface area contributed by atoms with Gasteiger partial charge in [-0.1, -0.05) is 0 Å². The van der Waals surface area contributed by atoms with Crippen LogP contribution in [-0.2, 0) is 4.79 Å². The van der Waals surface area contributed by atoms with Crippen molar-refractivity contribution in [3.05, 3.63) is 0 Å². The van der Waals surface area contributed by atoms with Gasteiger partial charge in [0.1, 0.15) is 0 Å². The van der Waals surface area contributed by atoms with Crippen LogP contribution in [0, 0.1) is 0 Å². The van der Waals surface area contributed by atoms with E-state index in [0.29, 0.717) is 25.9 Å². The molecule has 2 heterocycles. The second-order valence-corrected chi connectivity index (χ2v) is 5.94. The summed E-state index contributed by atoms with van der Waals surface area (Å²) in [6.45, 7) is 1.71. The van der Waals surface area contributed by atoms with Gasteiger partial charge in [0.2, 0.25) is 5.91 Å². The molecular formula is C14H24F3N3O. The number of amides is 1. The van der Waals surface area contributed by atoms with E-state index in [4.69, 9.17) is 0 Å². The third-order valence-electron chi connectivity index (χ3n) is 4.25. The monoisotopic (exact) mass is 307 g/mol. The summed E-state index contributed by atoms with van der Waals surface area (Å²) in [5.74, 6) is -0.155. The van der Waals surface area contributed by atoms with Gasteiger partial charge in [0.25, 0.3) is 0 Å². The lowest BCUT2D eigenvalue weighted by Gasteiger charge is -2.36. The molecule has 2 saturated heterocycles. The number of nitrogens with one attached hydrogen (secondary N) is 1. The number of nitrogens with zero attached hydrogens (tertiary/aromatic N) is 2. The number of alkyl halides is 3. The molecule has 1 amide bonds. The van der Waals surface area contributed by atoms with E-state index < -0.39 is 12.7 Å². The number of likely N-dealkylation sites (tertiary alicyclic amines) is 1. The quantitative estimate of drug-likeness (QED) is 0.857. The Morgan fingerprint density at radius 2 is 1.76 bits per heavy atom. The summed E-state index contributed by atoms with van der Waals surface area (Å²) in [6.07, 6.45) is 0.0980. The summed E-state index contributed by atoms with van der Waals surface area (Å²) < 4.78 is 38.3. The molecule has 0 saturated carbocycles. The molecular weight excluding hydrogens is 283 g/mol. The van der Waals surface area contributed by atoms with Gasteiger partial charge in [-0.25, -0.2) is 0 Å². The van der Waals surface area contributed by atoms with Gasteiger partial charge in [-0.3, -0.25) is 9.69 Å². The number of piperidine rings is 2. The Morgan fingerprint density at radius 1 is 1.14 bits per heavy atom. The molecule has 21 heavy (non-hydrogen) atoms. The average molecular weight is 307 g/mol. The van der Waals surface area contributed by atoms with E-state index in [1.807, 2.05) is 0 Å². The molecule has 2 aliphatic rings. The van der Waals surface area contributed by atoms with Crippen LogP contribution >= 0.6 is 0 Å². The van der Waals surface area contributed by atoms with Crippen molar-refractivity contribution in [3.8, 4) is 0 Å². The Hall–Kier alpha value is -0.820. The lowest BCUT2D eigenvalue weighted by molar-refractivity contribution is -0.157. The van der Waals surface area contributed by atoms with Crippen LogP contribution < -0.4 is 5.32 Å². The van der Waals surface area contributed by atoms with Gasteiger partial charge in [0.15, 0.2) is 0 Å². The first-order chi connectivity index (χ1) is 9.96. The number of halogens is 3. The predicted molar refractivity (Wildman–Crippen MR) is 74.0 cm³/mol. The van der Waals surface area contributed by atoms with Crippen molar-refractivity contribution in [2.45, 2.75) is 44.3 Å². The standard InChI is InChI=1S/C14H24F3N3O/c15-14(16,17)11-20(12-4-6-18-7-5-12)10-13(21)19-8-2-1-3-9-19/h12,18H,1-11H2. The minimum absolute atomic E-state index is 0.107. The van der Waals surface area contributed by atoms with Gasteiger partial charge in [-0.15, -0.1) is 0 Å². The maximum atomic E-state index is 12.8. The summed E-state index contributed by atoms with van der Waals surface area (Å²) in [7, 11) is 0. The molecule has 0 aromatic rings. The molecule has 0 spiro atoms. The lowest BCUT2D eigenvalue weighted by Crippen LogP contribution is -2.51. The molecule has 1 N–H and O–H groups in total. The molecule has 0 aromatic heterocycles. The minimum atomic E-state index is -4.26. The van der Waals surface area contributed by atoms with Crippen molar-refractivity contribution >= 4 is 5.91 Å². The second kappa shape index (κ2) is 7.45. The Bertz CT molecular complexity index is 337. The van der Waals surface area contributed by atoms with E-state index >= 15 is 0 Å². The molecule has 2 fully saturated rings. The van der Waals surface area contributed by atoms with Crippen molar-refractivity contribution in [2.24, 2.45) is 0 Å². The fourth-order valence-corrected chi connectivity index (χ4v) is 3.13. The molecule has 2 rings (SSSR count). The summed E-state index contributed by atoms with van der Waals surface area (Å²) in [5, 5.41) is 3.15. The predicted octanol–water partition coefficient (Wildman–Crippen LogP) is 1.62. The van der Waals surface area contributed by atoms with Crippen molar-refractivity contribution in [3.63, 3.8) is 0 Å². The van der Waals surface area contributed by atoms with Crippen LogP contribution in [-0.4, -0.2) is 67.2 Å². The SMILES string of the molecule is O=C(CN(CC(F)(F)F)C1CCNCC1)N1CCCCC1. The number of rotatable bonds is 4. The third kappa shape index (κ3) is 5.47. The van der Waals surface area contributed by atoms with Crippen molar-refractivity contribution in [1.82, 2.24) is 15.1 Å². The Balaban J connectivity index is 1.95. The third-order valence-corrected chi connectivity index (χ3v) is 4.25. The maximum Gasteiger partial charge on any atom is 0.401 e. The van der Waals surface area contributed by atoms with Crippen LogP contribution in [0.4, 0.5) is 13.2 Å². The number of carbonyl (C=O) groups excluding carboxylic acids is 1. The lowest BCUT2D eigenvalue weighted by atomic mass is 10.0. The first-order valence-corrected chi connectivity index (χ1v) is 7.75. The van der Waals surface area contributed by atoms with Crippen LogP contribution in [0.3, 0.4) is 0 Å². The highest BCUT2D eigenvalue weighted by Crippen LogP contribution is 2.21. The fourth-order valence-electron chi connectivity index (χ4n) is 3.13. The van der Waals surface area contributed by atoms with Crippen molar-refractivity contribution in [2.75, 3.05) is 39.3 Å². The van der Waals surface area contributed by atoms with Crippen molar-refractivity contribution in [1.29, 1.82) is 0 Å². The van der Waals surface area contributed by atoms with E-state index in [0.717, 1.165) is 32.4 Å². The van der Waals surface area contributed by atoms with Gasteiger partial charge >= 0.3 is 6.18 Å². The number of carbonyl (C=O) groups is 1. The Labute approximate surface area is 123 Å². The van der Waals surface area contributed by atoms with Crippen LogP contribution in [0.2, 0.25) is 0 Å². The van der Waals surface area contributed by atoms with E-state index in [1.165, 1.54) is 4.90 Å². The molecule has 0 aromatic carbocycles. The first-order valence-electron chi connectivity index (χ1n) is 7.75. The van der Waals surface area contributed by atoms with Crippen LogP contribution in [0.15, 0.2) is 0 Å². The van der Waals surface area contributed by atoms with Gasteiger partial charge in [-0.2, -0.15) is 13.2 Å². The van der Waals surface area contributed by atoms with E-state index in [9.17, 15) is 18.0 Å². The Kier molecular flexibility index (Phi) is 5.87. The van der Waals surface area contributed by atoms with Crippen molar-refractivity contribution < 1.29 is 18.0 Å². The summed E-state index contributed by atoms with van der Waals surface area (Å²) >= 11 is 0. The molecule has 0 unspecified atom stereocenters.